The Morgan fingerprint density at radius 3 is 0.824 bits per heavy atom. The van der Waals surface area contributed by atoms with Gasteiger partial charge in [0.15, 0.2) is 6.10 Å². The SMILES string of the molecule is CCC/C=C\C/C=C\CCCCCCCC(=O)OC(COC(=O)CCCCCCC/C=C\CCC)COC(=O)CCCCCCCCCCCCCCCCCCCCCCCCCCCCCCCCCCC. The Hall–Kier alpha value is -2.37. The highest BCUT2D eigenvalue weighted by Gasteiger charge is 2.19. The predicted molar refractivity (Wildman–Crippen MR) is 321 cm³/mol. The molecule has 0 bridgehead atoms. The number of esters is 3. The molecule has 0 rings (SSSR count). The van der Waals surface area contributed by atoms with E-state index >= 15 is 0 Å². The molecule has 0 aliphatic heterocycles. The van der Waals surface area contributed by atoms with Gasteiger partial charge in [-0.15, -0.1) is 0 Å². The minimum absolute atomic E-state index is 0.0773. The van der Waals surface area contributed by atoms with Gasteiger partial charge < -0.3 is 14.2 Å². The Balaban J connectivity index is 3.98. The van der Waals surface area contributed by atoms with Crippen LogP contribution in [0.25, 0.3) is 0 Å². The number of hydrogen-bond donors (Lipinski definition) is 0. The quantitative estimate of drug-likeness (QED) is 0.0261. The molecular weight excluding hydrogens is 913 g/mol. The lowest BCUT2D eigenvalue weighted by Crippen LogP contribution is -2.30. The number of hydrogen-bond acceptors (Lipinski definition) is 6. The van der Waals surface area contributed by atoms with E-state index in [1.165, 1.54) is 218 Å². The van der Waals surface area contributed by atoms with E-state index in [0.29, 0.717) is 19.3 Å². The van der Waals surface area contributed by atoms with Gasteiger partial charge in [0.25, 0.3) is 0 Å². The molecule has 0 aliphatic carbocycles. The predicted octanol–water partition coefficient (Wildman–Crippen LogP) is 22.4. The van der Waals surface area contributed by atoms with E-state index in [-0.39, 0.29) is 31.1 Å². The molecule has 0 saturated heterocycles. The van der Waals surface area contributed by atoms with E-state index in [9.17, 15) is 14.4 Å². The van der Waals surface area contributed by atoms with Crippen LogP contribution in [0.4, 0.5) is 0 Å². The van der Waals surface area contributed by atoms with E-state index in [1.807, 2.05) is 0 Å². The fourth-order valence-corrected chi connectivity index (χ4v) is 9.90. The molecule has 0 amide bonds. The van der Waals surface area contributed by atoms with E-state index in [0.717, 1.165) is 103 Å². The normalized spacial score (nSPS) is 12.2. The third-order valence-corrected chi connectivity index (χ3v) is 14.8. The second-order valence-corrected chi connectivity index (χ2v) is 22.4. The van der Waals surface area contributed by atoms with Gasteiger partial charge in [0, 0.05) is 19.3 Å². The molecule has 0 N–H and O–H groups in total. The molecule has 6 heteroatoms. The van der Waals surface area contributed by atoms with Crippen molar-refractivity contribution in [3.63, 3.8) is 0 Å². The highest BCUT2D eigenvalue weighted by molar-refractivity contribution is 5.71. The molecule has 0 aromatic rings. The topological polar surface area (TPSA) is 78.9 Å². The summed E-state index contributed by atoms with van der Waals surface area (Å²) in [5.74, 6) is -0.886. The fourth-order valence-electron chi connectivity index (χ4n) is 9.90. The first-order chi connectivity index (χ1) is 36.5. The van der Waals surface area contributed by atoms with Gasteiger partial charge in [-0.3, -0.25) is 14.4 Å². The Bertz CT molecular complexity index is 1240. The Labute approximate surface area is 461 Å². The van der Waals surface area contributed by atoms with E-state index in [2.05, 4.69) is 57.2 Å². The zero-order chi connectivity index (χ0) is 53.6. The standard InChI is InChI=1S/C68H126O6/c1-4-7-10-13-16-19-22-24-25-26-27-28-29-30-31-32-33-34-35-36-37-38-39-40-41-42-43-45-46-49-52-55-58-61-67(70)73-64-65(63-72-66(69)60-57-54-51-48-21-18-15-12-9-6-3)74-68(71)62-59-56-53-50-47-44-23-20-17-14-11-8-5-2/h11-12,14-15,20,23,65H,4-10,13,16-19,21-22,24-64H2,1-3H3/b14-11-,15-12-,23-20-. The van der Waals surface area contributed by atoms with Crippen molar-refractivity contribution in [1.82, 2.24) is 0 Å². The van der Waals surface area contributed by atoms with Crippen LogP contribution in [0, 0.1) is 0 Å². The number of rotatable bonds is 61. The molecular formula is C68H126O6. The van der Waals surface area contributed by atoms with Crippen LogP contribution in [-0.2, 0) is 28.6 Å². The Morgan fingerprint density at radius 2 is 0.514 bits per heavy atom. The molecule has 1 atom stereocenters. The van der Waals surface area contributed by atoms with Crippen LogP contribution < -0.4 is 0 Å². The smallest absolute Gasteiger partial charge is 0.306 e. The van der Waals surface area contributed by atoms with Crippen molar-refractivity contribution < 1.29 is 28.6 Å². The summed E-state index contributed by atoms with van der Waals surface area (Å²) in [5, 5.41) is 0. The maximum atomic E-state index is 12.8. The van der Waals surface area contributed by atoms with E-state index in [4.69, 9.17) is 14.2 Å². The number of carbonyl (C=O) groups excluding carboxylic acids is 3. The van der Waals surface area contributed by atoms with Crippen LogP contribution in [0.5, 0.6) is 0 Å². The molecule has 0 saturated carbocycles. The van der Waals surface area contributed by atoms with Crippen molar-refractivity contribution >= 4 is 17.9 Å². The van der Waals surface area contributed by atoms with Crippen LogP contribution in [0.15, 0.2) is 36.5 Å². The second kappa shape index (κ2) is 63.2. The third-order valence-electron chi connectivity index (χ3n) is 14.8. The lowest BCUT2D eigenvalue weighted by molar-refractivity contribution is -0.167. The zero-order valence-electron chi connectivity index (χ0n) is 49.9. The summed E-state index contributed by atoms with van der Waals surface area (Å²) in [5.41, 5.74) is 0. The summed E-state index contributed by atoms with van der Waals surface area (Å²) < 4.78 is 16.8. The third kappa shape index (κ3) is 60.5. The molecule has 6 nitrogen and oxygen atoms in total. The number of unbranched alkanes of at least 4 members (excludes halogenated alkanes) is 44. The summed E-state index contributed by atoms with van der Waals surface area (Å²) >= 11 is 0. The van der Waals surface area contributed by atoms with Crippen LogP contribution in [0.3, 0.4) is 0 Å². The van der Waals surface area contributed by atoms with Gasteiger partial charge in [-0.25, -0.2) is 0 Å². The van der Waals surface area contributed by atoms with Gasteiger partial charge in [0.05, 0.1) is 0 Å². The van der Waals surface area contributed by atoms with Crippen LogP contribution >= 0.6 is 0 Å². The first kappa shape index (κ1) is 71.6. The monoisotopic (exact) mass is 1040 g/mol. The molecule has 0 fully saturated rings. The van der Waals surface area contributed by atoms with Crippen LogP contribution in [0.2, 0.25) is 0 Å². The van der Waals surface area contributed by atoms with Gasteiger partial charge in [0.1, 0.15) is 13.2 Å². The molecule has 0 spiro atoms. The summed E-state index contributed by atoms with van der Waals surface area (Å²) in [6.07, 6.45) is 77.7. The van der Waals surface area contributed by atoms with Gasteiger partial charge in [-0.2, -0.15) is 0 Å². The molecule has 0 aromatic heterocycles. The summed E-state index contributed by atoms with van der Waals surface area (Å²) in [7, 11) is 0. The number of ether oxygens (including phenoxy) is 3. The van der Waals surface area contributed by atoms with E-state index < -0.39 is 6.10 Å². The van der Waals surface area contributed by atoms with Gasteiger partial charge in [-0.05, 0) is 64.2 Å². The fraction of sp³-hybridized carbons (Fsp3) is 0.868. The second-order valence-electron chi connectivity index (χ2n) is 22.4. The molecule has 0 aliphatic rings. The molecule has 434 valence electrons. The van der Waals surface area contributed by atoms with Crippen LogP contribution in [0.1, 0.15) is 361 Å². The van der Waals surface area contributed by atoms with Gasteiger partial charge in [-0.1, -0.05) is 314 Å². The average Bonchev–Trinajstić information content (AvgIpc) is 3.40. The summed E-state index contributed by atoms with van der Waals surface area (Å²) in [6.45, 7) is 6.54. The molecule has 0 radical (unpaired) electrons. The summed E-state index contributed by atoms with van der Waals surface area (Å²) in [4.78, 5) is 38.1. The summed E-state index contributed by atoms with van der Waals surface area (Å²) in [6, 6.07) is 0. The van der Waals surface area contributed by atoms with Crippen LogP contribution in [-0.4, -0.2) is 37.2 Å². The van der Waals surface area contributed by atoms with Crippen molar-refractivity contribution in [2.75, 3.05) is 13.2 Å². The van der Waals surface area contributed by atoms with E-state index in [1.54, 1.807) is 0 Å². The average molecular weight is 1040 g/mol. The highest BCUT2D eigenvalue weighted by Crippen LogP contribution is 2.18. The maximum absolute atomic E-state index is 12.8. The largest absolute Gasteiger partial charge is 0.462 e. The van der Waals surface area contributed by atoms with Crippen molar-refractivity contribution in [1.29, 1.82) is 0 Å². The minimum atomic E-state index is -0.780. The van der Waals surface area contributed by atoms with Crippen molar-refractivity contribution in [3.05, 3.63) is 36.5 Å². The zero-order valence-corrected chi connectivity index (χ0v) is 49.9. The first-order valence-electron chi connectivity index (χ1n) is 33.0. The van der Waals surface area contributed by atoms with Crippen molar-refractivity contribution in [3.8, 4) is 0 Å². The molecule has 74 heavy (non-hydrogen) atoms. The molecule has 0 heterocycles. The number of allylic oxidation sites excluding steroid dienone is 6. The first-order valence-corrected chi connectivity index (χ1v) is 33.0. The Morgan fingerprint density at radius 1 is 0.270 bits per heavy atom. The highest BCUT2D eigenvalue weighted by atomic mass is 16.6. The lowest BCUT2D eigenvalue weighted by Gasteiger charge is -2.18. The van der Waals surface area contributed by atoms with Gasteiger partial charge in [0.2, 0.25) is 0 Å². The lowest BCUT2D eigenvalue weighted by atomic mass is 10.0. The Kier molecular flexibility index (Phi) is 61.1. The molecule has 0 aromatic carbocycles. The van der Waals surface area contributed by atoms with Crippen molar-refractivity contribution in [2.45, 2.75) is 367 Å². The number of carbonyl (C=O) groups is 3. The van der Waals surface area contributed by atoms with Crippen molar-refractivity contribution in [2.24, 2.45) is 0 Å². The minimum Gasteiger partial charge on any atom is -0.462 e. The van der Waals surface area contributed by atoms with Gasteiger partial charge >= 0.3 is 17.9 Å². The molecule has 1 unspecified atom stereocenters. The maximum Gasteiger partial charge on any atom is 0.306 e.